The number of rotatable bonds is 8. The van der Waals surface area contributed by atoms with E-state index >= 15 is 0 Å². The minimum atomic E-state index is -4.60. The van der Waals surface area contributed by atoms with Crippen molar-refractivity contribution < 1.29 is 31.9 Å². The number of Topliss-reactive ketones (excluding diaryl/α,β-unsaturated/α-hetero) is 1. The van der Waals surface area contributed by atoms with Crippen molar-refractivity contribution >= 4 is 17.4 Å². The number of ketones is 1. The summed E-state index contributed by atoms with van der Waals surface area (Å²) >= 11 is 0. The molecule has 0 spiro atoms. The number of nitrogens with zero attached hydrogens (tertiary/aromatic N) is 2. The summed E-state index contributed by atoms with van der Waals surface area (Å²) < 4.78 is 60.4. The molecule has 1 unspecified atom stereocenters. The quantitative estimate of drug-likeness (QED) is 0.327. The van der Waals surface area contributed by atoms with Crippen LogP contribution in [0.2, 0.25) is 0 Å². The molecule has 3 rings (SSSR count). The number of ether oxygens (including phenoxy) is 1. The number of amides is 1. The number of nitrogen functional groups attached to an aromatic ring is 1. The number of hydrogen-bond acceptors (Lipinski definition) is 5. The standard InChI is InChI=1S/C25H26F4N4O3/c1-5-36-20-10-16(12-31-24(35)18-11-17(26)8-6-13(18)2)7-9-19(20)33-23(15(4)34)21(30)22(32-33)14(3)25(27,28)29/h6-11,14H,5,12,30H2,1-4H3,(H,31,35). The molecule has 192 valence electrons. The summed E-state index contributed by atoms with van der Waals surface area (Å²) in [5, 5.41) is 6.74. The lowest BCUT2D eigenvalue weighted by Crippen LogP contribution is -2.24. The Bertz CT molecular complexity index is 1300. The van der Waals surface area contributed by atoms with E-state index in [4.69, 9.17) is 10.5 Å². The van der Waals surface area contributed by atoms with Crippen LogP contribution in [-0.2, 0) is 6.54 Å². The molecule has 1 amide bonds. The van der Waals surface area contributed by atoms with E-state index in [9.17, 15) is 27.2 Å². The van der Waals surface area contributed by atoms with Gasteiger partial charge in [-0.25, -0.2) is 9.07 Å². The van der Waals surface area contributed by atoms with Gasteiger partial charge < -0.3 is 15.8 Å². The number of aromatic nitrogens is 2. The lowest BCUT2D eigenvalue weighted by molar-refractivity contribution is -0.147. The van der Waals surface area contributed by atoms with Crippen molar-refractivity contribution in [3.8, 4) is 11.4 Å². The second kappa shape index (κ2) is 10.4. The first-order chi connectivity index (χ1) is 16.8. The van der Waals surface area contributed by atoms with Gasteiger partial charge >= 0.3 is 6.18 Å². The third-order valence-corrected chi connectivity index (χ3v) is 5.63. The van der Waals surface area contributed by atoms with Gasteiger partial charge in [0.25, 0.3) is 5.91 Å². The summed E-state index contributed by atoms with van der Waals surface area (Å²) in [6, 6.07) is 8.60. The Morgan fingerprint density at radius 1 is 1.19 bits per heavy atom. The summed E-state index contributed by atoms with van der Waals surface area (Å²) in [7, 11) is 0. The highest BCUT2D eigenvalue weighted by Gasteiger charge is 2.41. The minimum Gasteiger partial charge on any atom is -0.492 e. The number of nitrogens with one attached hydrogen (secondary N) is 1. The van der Waals surface area contributed by atoms with Crippen LogP contribution in [0.15, 0.2) is 36.4 Å². The van der Waals surface area contributed by atoms with Crippen molar-refractivity contribution in [3.63, 3.8) is 0 Å². The number of nitrogens with two attached hydrogens (primary N) is 1. The van der Waals surface area contributed by atoms with E-state index in [1.54, 1.807) is 26.0 Å². The molecule has 1 aromatic heterocycles. The second-order valence-electron chi connectivity index (χ2n) is 8.26. The molecule has 0 radical (unpaired) electrons. The van der Waals surface area contributed by atoms with Crippen LogP contribution in [0.5, 0.6) is 5.75 Å². The molecule has 36 heavy (non-hydrogen) atoms. The molecule has 0 fully saturated rings. The molecule has 3 N–H and O–H groups in total. The van der Waals surface area contributed by atoms with Crippen LogP contribution in [0.4, 0.5) is 23.2 Å². The van der Waals surface area contributed by atoms with Gasteiger partial charge in [0.2, 0.25) is 0 Å². The summed E-state index contributed by atoms with van der Waals surface area (Å²) in [5.41, 5.74) is 6.54. The highest BCUT2D eigenvalue weighted by Crippen LogP contribution is 2.39. The smallest absolute Gasteiger partial charge is 0.397 e. The molecule has 0 saturated carbocycles. The Balaban J connectivity index is 1.97. The second-order valence-corrected chi connectivity index (χ2v) is 8.26. The van der Waals surface area contributed by atoms with Crippen LogP contribution >= 0.6 is 0 Å². The molecule has 11 heteroatoms. The largest absolute Gasteiger partial charge is 0.492 e. The van der Waals surface area contributed by atoms with Crippen molar-refractivity contribution in [1.29, 1.82) is 0 Å². The SMILES string of the molecule is CCOc1cc(CNC(=O)c2cc(F)ccc2C)ccc1-n1nc(C(C)C(F)(F)F)c(N)c1C(C)=O. The van der Waals surface area contributed by atoms with Gasteiger partial charge in [-0.1, -0.05) is 12.1 Å². The van der Waals surface area contributed by atoms with Crippen molar-refractivity contribution in [2.45, 2.75) is 46.3 Å². The fraction of sp³-hybridized carbons (Fsp3) is 0.320. The summed E-state index contributed by atoms with van der Waals surface area (Å²) in [6.07, 6.45) is -4.60. The summed E-state index contributed by atoms with van der Waals surface area (Å²) in [5.74, 6) is -3.34. The van der Waals surface area contributed by atoms with Gasteiger partial charge in [0, 0.05) is 19.0 Å². The minimum absolute atomic E-state index is 0.0618. The van der Waals surface area contributed by atoms with E-state index in [2.05, 4.69) is 10.4 Å². The number of carbonyl (C=O) groups is 2. The Morgan fingerprint density at radius 3 is 2.50 bits per heavy atom. The van der Waals surface area contributed by atoms with Crippen LogP contribution in [0.1, 0.15) is 64.4 Å². The van der Waals surface area contributed by atoms with Gasteiger partial charge in [-0.2, -0.15) is 18.3 Å². The number of aryl methyl sites for hydroxylation is 1. The average Bonchev–Trinajstić information content (AvgIpc) is 3.15. The normalized spacial score (nSPS) is 12.3. The van der Waals surface area contributed by atoms with E-state index in [1.807, 2.05) is 0 Å². The van der Waals surface area contributed by atoms with Crippen LogP contribution in [0.3, 0.4) is 0 Å². The fourth-order valence-corrected chi connectivity index (χ4v) is 3.67. The molecule has 1 atom stereocenters. The first-order valence-electron chi connectivity index (χ1n) is 11.1. The zero-order chi connectivity index (χ0) is 26.8. The maximum Gasteiger partial charge on any atom is 0.397 e. The zero-order valence-electron chi connectivity index (χ0n) is 20.2. The maximum absolute atomic E-state index is 13.5. The topological polar surface area (TPSA) is 99.2 Å². The summed E-state index contributed by atoms with van der Waals surface area (Å²) in [6.45, 7) is 5.78. The van der Waals surface area contributed by atoms with Crippen molar-refractivity contribution in [2.24, 2.45) is 0 Å². The summed E-state index contributed by atoms with van der Waals surface area (Å²) in [4.78, 5) is 24.8. The van der Waals surface area contributed by atoms with Crippen LogP contribution in [-0.4, -0.2) is 34.3 Å². The molecular weight excluding hydrogens is 480 g/mol. The van der Waals surface area contributed by atoms with Gasteiger partial charge in [-0.15, -0.1) is 0 Å². The van der Waals surface area contributed by atoms with Crippen molar-refractivity contribution in [1.82, 2.24) is 15.1 Å². The molecule has 0 aliphatic heterocycles. The molecule has 0 bridgehead atoms. The van der Waals surface area contributed by atoms with E-state index in [-0.39, 0.29) is 41.5 Å². The molecular formula is C25H26F4N4O3. The van der Waals surface area contributed by atoms with E-state index in [1.165, 1.54) is 25.1 Å². The van der Waals surface area contributed by atoms with Crippen LogP contribution in [0, 0.1) is 12.7 Å². The van der Waals surface area contributed by atoms with Crippen LogP contribution < -0.4 is 15.8 Å². The lowest BCUT2D eigenvalue weighted by atomic mass is 10.1. The number of hydrogen-bond donors (Lipinski definition) is 2. The highest BCUT2D eigenvalue weighted by molar-refractivity contribution is 5.98. The number of halogens is 4. The third kappa shape index (κ3) is 5.50. The molecule has 3 aromatic rings. The van der Waals surface area contributed by atoms with Crippen LogP contribution in [0.25, 0.3) is 5.69 Å². The fourth-order valence-electron chi connectivity index (χ4n) is 3.67. The van der Waals surface area contributed by atoms with Gasteiger partial charge in [0.05, 0.1) is 23.9 Å². The Labute approximate surface area is 205 Å². The molecule has 7 nitrogen and oxygen atoms in total. The highest BCUT2D eigenvalue weighted by atomic mass is 19.4. The van der Waals surface area contributed by atoms with Gasteiger partial charge in [-0.3, -0.25) is 9.59 Å². The van der Waals surface area contributed by atoms with Gasteiger partial charge in [-0.05, 0) is 56.2 Å². The Morgan fingerprint density at radius 2 is 1.89 bits per heavy atom. The third-order valence-electron chi connectivity index (χ3n) is 5.63. The van der Waals surface area contributed by atoms with Crippen molar-refractivity contribution in [3.05, 3.63) is 70.3 Å². The number of benzene rings is 2. The Kier molecular flexibility index (Phi) is 7.71. The molecule has 1 heterocycles. The van der Waals surface area contributed by atoms with Crippen molar-refractivity contribution in [2.75, 3.05) is 12.3 Å². The maximum atomic E-state index is 13.5. The zero-order valence-corrected chi connectivity index (χ0v) is 20.2. The number of carbonyl (C=O) groups excluding carboxylic acids is 2. The predicted molar refractivity (Wildman–Crippen MR) is 126 cm³/mol. The number of anilines is 1. The number of alkyl halides is 3. The monoisotopic (exact) mass is 506 g/mol. The first-order valence-corrected chi connectivity index (χ1v) is 11.1. The Hall–Kier alpha value is -3.89. The lowest BCUT2D eigenvalue weighted by Gasteiger charge is -2.15. The van der Waals surface area contributed by atoms with E-state index in [0.29, 0.717) is 11.1 Å². The molecule has 0 saturated heterocycles. The van der Waals surface area contributed by atoms with E-state index in [0.717, 1.165) is 17.7 Å². The van der Waals surface area contributed by atoms with E-state index < -0.39 is 35.3 Å². The first kappa shape index (κ1) is 26.7. The average molecular weight is 507 g/mol. The van der Waals surface area contributed by atoms with Gasteiger partial charge in [0.15, 0.2) is 5.78 Å². The van der Waals surface area contributed by atoms with Gasteiger partial charge in [0.1, 0.15) is 22.9 Å². The molecule has 0 aliphatic carbocycles. The predicted octanol–water partition coefficient (Wildman–Crippen LogP) is 5.10. The molecule has 2 aromatic carbocycles. The molecule has 0 aliphatic rings.